The van der Waals surface area contributed by atoms with E-state index in [-0.39, 0.29) is 18.4 Å². The minimum Gasteiger partial charge on any atom is -0.481 e. The molecule has 1 heterocycles. The third-order valence-electron chi connectivity index (χ3n) is 2.71. The van der Waals surface area contributed by atoms with Crippen molar-refractivity contribution in [3.8, 4) is 0 Å². The van der Waals surface area contributed by atoms with E-state index in [4.69, 9.17) is 5.11 Å². The van der Waals surface area contributed by atoms with Crippen LogP contribution in [0.5, 0.6) is 0 Å². The second-order valence-electron chi connectivity index (χ2n) is 4.20. The molecule has 0 aliphatic heterocycles. The van der Waals surface area contributed by atoms with Gasteiger partial charge in [-0.15, -0.1) is 23.1 Å². The predicted octanol–water partition coefficient (Wildman–Crippen LogP) is 2.69. The molecule has 0 aromatic carbocycles. The summed E-state index contributed by atoms with van der Waals surface area (Å²) < 4.78 is 0. The molecule has 1 amide bonds. The maximum Gasteiger partial charge on any atom is 0.305 e. The summed E-state index contributed by atoms with van der Waals surface area (Å²) in [6, 6.07) is 3.79. The van der Waals surface area contributed by atoms with Gasteiger partial charge in [-0.3, -0.25) is 9.59 Å². The summed E-state index contributed by atoms with van der Waals surface area (Å²) in [5.41, 5.74) is 0. The maximum atomic E-state index is 12.0. The Morgan fingerprint density at radius 2 is 2.26 bits per heavy atom. The molecular weight excluding hydrogens is 282 g/mol. The molecule has 1 rings (SSSR count). The van der Waals surface area contributed by atoms with Crippen molar-refractivity contribution >= 4 is 35.0 Å². The first-order chi connectivity index (χ1) is 9.04. The number of hydrogen-bond acceptors (Lipinski definition) is 4. The molecule has 0 bridgehead atoms. The first-order valence-corrected chi connectivity index (χ1v) is 8.19. The van der Waals surface area contributed by atoms with Gasteiger partial charge in [-0.2, -0.15) is 0 Å². The van der Waals surface area contributed by atoms with Gasteiger partial charge in [0.05, 0.1) is 12.2 Å². The van der Waals surface area contributed by atoms with Gasteiger partial charge >= 0.3 is 5.97 Å². The largest absolute Gasteiger partial charge is 0.481 e. The fraction of sp³-hybridized carbons (Fsp3) is 0.538. The zero-order chi connectivity index (χ0) is 14.3. The molecule has 1 aromatic rings. The molecule has 0 saturated carbocycles. The van der Waals surface area contributed by atoms with E-state index in [0.29, 0.717) is 12.3 Å². The van der Waals surface area contributed by atoms with Crippen LogP contribution < -0.4 is 0 Å². The van der Waals surface area contributed by atoms with Gasteiger partial charge in [0, 0.05) is 23.2 Å². The third-order valence-corrected chi connectivity index (χ3v) is 4.74. The van der Waals surface area contributed by atoms with Crippen molar-refractivity contribution in [2.75, 3.05) is 12.3 Å². The molecule has 0 spiro atoms. The lowest BCUT2D eigenvalue weighted by atomic mass is 10.2. The van der Waals surface area contributed by atoms with Gasteiger partial charge < -0.3 is 10.0 Å². The van der Waals surface area contributed by atoms with Crippen LogP contribution in [0.2, 0.25) is 0 Å². The van der Waals surface area contributed by atoms with Crippen LogP contribution in [-0.4, -0.2) is 40.2 Å². The lowest BCUT2D eigenvalue weighted by Crippen LogP contribution is -2.40. The van der Waals surface area contributed by atoms with Crippen molar-refractivity contribution in [3.05, 3.63) is 22.4 Å². The molecule has 0 saturated heterocycles. The number of rotatable bonds is 8. The number of hydrogen-bond donors (Lipinski definition) is 1. The number of aliphatic carboxylic acids is 1. The first-order valence-electron chi connectivity index (χ1n) is 6.16. The number of nitrogens with zero attached hydrogens (tertiary/aromatic N) is 1. The molecule has 1 N–H and O–H groups in total. The van der Waals surface area contributed by atoms with Crippen LogP contribution in [0.1, 0.15) is 25.1 Å². The molecule has 1 atom stereocenters. The van der Waals surface area contributed by atoms with Gasteiger partial charge in [-0.1, -0.05) is 6.07 Å². The van der Waals surface area contributed by atoms with Crippen molar-refractivity contribution in [3.63, 3.8) is 0 Å². The minimum absolute atomic E-state index is 0.00479. The summed E-state index contributed by atoms with van der Waals surface area (Å²) in [5.74, 6) is 0.368. The average Bonchev–Trinajstić information content (AvgIpc) is 2.82. The van der Waals surface area contributed by atoms with Gasteiger partial charge in [-0.05, 0) is 25.3 Å². The number of thioether (sulfide) groups is 1. The van der Waals surface area contributed by atoms with Gasteiger partial charge in [0.1, 0.15) is 0 Å². The second kappa shape index (κ2) is 8.22. The second-order valence-corrected chi connectivity index (χ2v) is 6.22. The zero-order valence-corrected chi connectivity index (χ0v) is 12.8. The Hall–Kier alpha value is -1.01. The molecule has 0 radical (unpaired) electrons. The monoisotopic (exact) mass is 301 g/mol. The standard InChI is InChI=1S/C13H19NO3S2/c1-3-14(10(2)7-13(16)17)12(15)9-18-8-11-5-4-6-19-11/h4-6,10H,3,7-9H2,1-2H3,(H,16,17). The quantitative estimate of drug-likeness (QED) is 0.802. The van der Waals surface area contributed by atoms with E-state index in [1.165, 1.54) is 4.88 Å². The van der Waals surface area contributed by atoms with Crippen LogP contribution in [0, 0.1) is 0 Å². The molecule has 4 nitrogen and oxygen atoms in total. The highest BCUT2D eigenvalue weighted by atomic mass is 32.2. The molecule has 1 aromatic heterocycles. The Kier molecular flexibility index (Phi) is 6.94. The summed E-state index contributed by atoms with van der Waals surface area (Å²) in [5, 5.41) is 10.8. The number of thiophene rings is 1. The topological polar surface area (TPSA) is 57.6 Å². The number of carbonyl (C=O) groups excluding carboxylic acids is 1. The molecule has 106 valence electrons. The van der Waals surface area contributed by atoms with E-state index in [1.807, 2.05) is 24.4 Å². The van der Waals surface area contributed by atoms with Crippen molar-refractivity contribution in [2.24, 2.45) is 0 Å². The van der Waals surface area contributed by atoms with Crippen molar-refractivity contribution in [1.29, 1.82) is 0 Å². The Morgan fingerprint density at radius 3 is 2.79 bits per heavy atom. The van der Waals surface area contributed by atoms with Crippen molar-refractivity contribution in [2.45, 2.75) is 32.1 Å². The Labute approximate surface area is 121 Å². The summed E-state index contributed by atoms with van der Waals surface area (Å²) in [4.78, 5) is 25.6. The molecule has 1 unspecified atom stereocenters. The van der Waals surface area contributed by atoms with Crippen molar-refractivity contribution in [1.82, 2.24) is 4.90 Å². The number of carboxylic acid groups (broad SMARTS) is 1. The van der Waals surface area contributed by atoms with Gasteiger partial charge in [0.25, 0.3) is 0 Å². The van der Waals surface area contributed by atoms with Gasteiger partial charge in [0.2, 0.25) is 5.91 Å². The smallest absolute Gasteiger partial charge is 0.305 e. The third kappa shape index (κ3) is 5.65. The van der Waals surface area contributed by atoms with Crippen LogP contribution in [0.15, 0.2) is 17.5 Å². The number of amides is 1. The molecular formula is C13H19NO3S2. The SMILES string of the molecule is CCN(C(=O)CSCc1cccs1)C(C)CC(=O)O. The first kappa shape index (κ1) is 16.0. The lowest BCUT2D eigenvalue weighted by Gasteiger charge is -2.26. The molecule has 0 aliphatic carbocycles. The van der Waals surface area contributed by atoms with E-state index >= 15 is 0 Å². The van der Waals surface area contributed by atoms with Crippen LogP contribution in [0.25, 0.3) is 0 Å². The Bertz CT molecular complexity index is 406. The fourth-order valence-corrected chi connectivity index (χ4v) is 3.56. The lowest BCUT2D eigenvalue weighted by molar-refractivity contribution is -0.139. The molecule has 19 heavy (non-hydrogen) atoms. The average molecular weight is 301 g/mol. The minimum atomic E-state index is -0.870. The maximum absolute atomic E-state index is 12.0. The van der Waals surface area contributed by atoms with Crippen LogP contribution in [0.4, 0.5) is 0 Å². The summed E-state index contributed by atoms with van der Waals surface area (Å²) >= 11 is 3.25. The normalized spacial score (nSPS) is 12.1. The van der Waals surface area contributed by atoms with Crippen LogP contribution in [0.3, 0.4) is 0 Å². The van der Waals surface area contributed by atoms with E-state index in [1.54, 1.807) is 34.9 Å². The molecule has 6 heteroatoms. The predicted molar refractivity (Wildman–Crippen MR) is 79.6 cm³/mol. The van der Waals surface area contributed by atoms with E-state index in [9.17, 15) is 9.59 Å². The van der Waals surface area contributed by atoms with E-state index < -0.39 is 5.97 Å². The van der Waals surface area contributed by atoms with E-state index in [2.05, 4.69) is 0 Å². The molecule has 0 fully saturated rings. The van der Waals surface area contributed by atoms with Crippen LogP contribution in [-0.2, 0) is 15.3 Å². The van der Waals surface area contributed by atoms with Crippen LogP contribution >= 0.6 is 23.1 Å². The summed E-state index contributed by atoms with van der Waals surface area (Å²) in [6.45, 7) is 4.20. The fourth-order valence-electron chi connectivity index (χ4n) is 1.81. The van der Waals surface area contributed by atoms with Gasteiger partial charge in [-0.25, -0.2) is 0 Å². The number of carboxylic acids is 1. The Morgan fingerprint density at radius 1 is 1.53 bits per heavy atom. The zero-order valence-electron chi connectivity index (χ0n) is 11.2. The van der Waals surface area contributed by atoms with Crippen molar-refractivity contribution < 1.29 is 14.7 Å². The summed E-state index contributed by atoms with van der Waals surface area (Å²) in [6.07, 6.45) is -0.00479. The van der Waals surface area contributed by atoms with E-state index in [0.717, 1.165) is 5.75 Å². The highest BCUT2D eigenvalue weighted by Crippen LogP contribution is 2.18. The highest BCUT2D eigenvalue weighted by Gasteiger charge is 2.20. The summed E-state index contributed by atoms with van der Waals surface area (Å²) in [7, 11) is 0. The Balaban J connectivity index is 2.38. The van der Waals surface area contributed by atoms with Gasteiger partial charge in [0.15, 0.2) is 0 Å². The highest BCUT2D eigenvalue weighted by molar-refractivity contribution is 7.99. The molecule has 0 aliphatic rings. The number of carbonyl (C=O) groups is 2.